The van der Waals surface area contributed by atoms with Gasteiger partial charge >= 0.3 is 0 Å². The minimum Gasteiger partial charge on any atom is -0.496 e. The minimum atomic E-state index is -1.36. The number of nitrogens with one attached hydrogen (secondary N) is 1. The van der Waals surface area contributed by atoms with Crippen molar-refractivity contribution in [1.82, 2.24) is 10.4 Å². The highest BCUT2D eigenvalue weighted by atomic mass is 16.6. The lowest BCUT2D eigenvalue weighted by Gasteiger charge is -2.26. The van der Waals surface area contributed by atoms with Crippen LogP contribution in [0, 0.1) is 10.1 Å². The van der Waals surface area contributed by atoms with Gasteiger partial charge in [-0.15, -0.1) is 0 Å². The van der Waals surface area contributed by atoms with E-state index < -0.39 is 10.7 Å². The van der Waals surface area contributed by atoms with Gasteiger partial charge in [0.1, 0.15) is 5.75 Å². The van der Waals surface area contributed by atoms with E-state index in [2.05, 4.69) is 15.4 Å². The number of nitrogens with zero attached hydrogens (tertiary/aromatic N) is 4. The van der Waals surface area contributed by atoms with Crippen LogP contribution in [0.4, 0.5) is 11.4 Å². The van der Waals surface area contributed by atoms with Crippen LogP contribution in [0.2, 0.25) is 0 Å². The molecule has 0 fully saturated rings. The Hall–Kier alpha value is -3.96. The van der Waals surface area contributed by atoms with Crippen LogP contribution in [-0.2, 0) is 5.79 Å². The molecule has 2 aromatic carbocycles. The standard InChI is InChI=1S/C18H17N7O4/c1-28-15-8-11(2-7-14(15)16-9-21-10-29-16)18(20)22-17(19)24(23-18)12-3-5-13(6-4-12)25(26)27/h2-10,23H,20H2,1H3,(H2,19,22). The van der Waals surface area contributed by atoms with Crippen molar-refractivity contribution in [3.63, 3.8) is 0 Å². The summed E-state index contributed by atoms with van der Waals surface area (Å²) < 4.78 is 10.8. The van der Waals surface area contributed by atoms with Crippen LogP contribution in [0.1, 0.15) is 5.56 Å². The molecule has 148 valence electrons. The van der Waals surface area contributed by atoms with E-state index in [1.165, 1.54) is 30.6 Å². The topological polar surface area (TPSA) is 158 Å². The Bertz CT molecular complexity index is 1080. The van der Waals surface area contributed by atoms with Crippen LogP contribution >= 0.6 is 0 Å². The molecule has 0 saturated heterocycles. The van der Waals surface area contributed by atoms with Gasteiger partial charge in [-0.05, 0) is 24.3 Å². The molecule has 29 heavy (non-hydrogen) atoms. The Balaban J connectivity index is 1.65. The average molecular weight is 395 g/mol. The summed E-state index contributed by atoms with van der Waals surface area (Å²) in [5, 5.41) is 12.3. The van der Waals surface area contributed by atoms with Crippen molar-refractivity contribution in [3.05, 3.63) is 70.7 Å². The van der Waals surface area contributed by atoms with Gasteiger partial charge in [0.15, 0.2) is 12.2 Å². The summed E-state index contributed by atoms with van der Waals surface area (Å²) in [6.45, 7) is 0. The monoisotopic (exact) mass is 395 g/mol. The summed E-state index contributed by atoms with van der Waals surface area (Å²) in [4.78, 5) is 18.6. The maximum Gasteiger partial charge on any atom is 0.269 e. The van der Waals surface area contributed by atoms with Crippen molar-refractivity contribution >= 4 is 17.3 Å². The molecule has 0 amide bonds. The molecule has 1 atom stereocenters. The molecule has 0 radical (unpaired) electrons. The Morgan fingerprint density at radius 1 is 1.28 bits per heavy atom. The first kappa shape index (κ1) is 18.4. The quantitative estimate of drug-likeness (QED) is 0.431. The van der Waals surface area contributed by atoms with Crippen molar-refractivity contribution < 1.29 is 14.1 Å². The maximum absolute atomic E-state index is 10.8. The van der Waals surface area contributed by atoms with E-state index in [4.69, 9.17) is 20.6 Å². The van der Waals surface area contributed by atoms with Crippen molar-refractivity contribution in [3.8, 4) is 17.1 Å². The summed E-state index contributed by atoms with van der Waals surface area (Å²) in [5.41, 5.74) is 17.3. The van der Waals surface area contributed by atoms with Crippen LogP contribution in [-0.4, -0.2) is 23.0 Å². The molecule has 0 saturated carbocycles. The fourth-order valence-electron chi connectivity index (χ4n) is 3.01. The third-order valence-electron chi connectivity index (χ3n) is 4.46. The molecule has 5 N–H and O–H groups in total. The SMILES string of the molecule is COc1cc(C2(N)N=C(N)N(c3ccc([N+](=O)[O-])cc3)N2)ccc1-c1cnco1. The van der Waals surface area contributed by atoms with E-state index in [0.29, 0.717) is 28.3 Å². The Kier molecular flexibility index (Phi) is 4.37. The summed E-state index contributed by atoms with van der Waals surface area (Å²) in [6, 6.07) is 11.1. The molecule has 1 aliphatic heterocycles. The van der Waals surface area contributed by atoms with E-state index in [0.717, 1.165) is 0 Å². The number of ether oxygens (including phenoxy) is 1. The fourth-order valence-corrected chi connectivity index (χ4v) is 3.01. The number of guanidine groups is 1. The molecule has 11 heteroatoms. The van der Waals surface area contributed by atoms with Gasteiger partial charge in [0, 0.05) is 17.7 Å². The lowest BCUT2D eigenvalue weighted by atomic mass is 10.0. The summed E-state index contributed by atoms with van der Waals surface area (Å²) >= 11 is 0. The van der Waals surface area contributed by atoms with Gasteiger partial charge in [0.25, 0.3) is 5.69 Å². The molecule has 11 nitrogen and oxygen atoms in total. The third kappa shape index (κ3) is 3.24. The first-order chi connectivity index (χ1) is 13.9. The molecule has 0 aliphatic carbocycles. The van der Waals surface area contributed by atoms with E-state index in [1.807, 2.05) is 0 Å². The zero-order chi connectivity index (χ0) is 20.6. The van der Waals surface area contributed by atoms with Gasteiger partial charge in [0.2, 0.25) is 11.7 Å². The number of oxazole rings is 1. The lowest BCUT2D eigenvalue weighted by Crippen LogP contribution is -2.53. The Morgan fingerprint density at radius 3 is 2.66 bits per heavy atom. The number of benzene rings is 2. The number of aromatic nitrogens is 1. The molecule has 2 heterocycles. The van der Waals surface area contributed by atoms with E-state index in [1.54, 1.807) is 36.5 Å². The summed E-state index contributed by atoms with van der Waals surface area (Å²) in [7, 11) is 1.53. The van der Waals surface area contributed by atoms with E-state index >= 15 is 0 Å². The van der Waals surface area contributed by atoms with Gasteiger partial charge in [-0.3, -0.25) is 15.8 Å². The zero-order valence-corrected chi connectivity index (χ0v) is 15.3. The Labute approximate surface area is 164 Å². The molecule has 3 aromatic rings. The summed E-state index contributed by atoms with van der Waals surface area (Å²) in [6.07, 6.45) is 2.91. The predicted molar refractivity (Wildman–Crippen MR) is 105 cm³/mol. The van der Waals surface area contributed by atoms with Gasteiger partial charge in [0.05, 0.1) is 29.5 Å². The van der Waals surface area contributed by atoms with Crippen LogP contribution < -0.4 is 26.6 Å². The number of rotatable bonds is 5. The van der Waals surface area contributed by atoms with Gasteiger partial charge in [-0.1, -0.05) is 6.07 Å². The number of hydrogen-bond acceptors (Lipinski definition) is 10. The number of anilines is 1. The average Bonchev–Trinajstić information content (AvgIpc) is 3.36. The normalized spacial score (nSPS) is 18.6. The smallest absolute Gasteiger partial charge is 0.269 e. The van der Waals surface area contributed by atoms with Crippen LogP contribution in [0.25, 0.3) is 11.3 Å². The highest BCUT2D eigenvalue weighted by molar-refractivity contribution is 5.96. The predicted octanol–water partition coefficient (Wildman–Crippen LogP) is 1.67. The first-order valence-electron chi connectivity index (χ1n) is 8.45. The number of nitrogens with two attached hydrogens (primary N) is 2. The second-order valence-corrected chi connectivity index (χ2v) is 6.24. The number of nitro benzene ring substituents is 1. The van der Waals surface area contributed by atoms with E-state index in [9.17, 15) is 10.1 Å². The molecule has 1 unspecified atom stereocenters. The van der Waals surface area contributed by atoms with Gasteiger partial charge in [-0.2, -0.15) is 5.43 Å². The molecular formula is C18H17N7O4. The molecule has 0 spiro atoms. The van der Waals surface area contributed by atoms with Crippen LogP contribution in [0.3, 0.4) is 0 Å². The lowest BCUT2D eigenvalue weighted by molar-refractivity contribution is -0.384. The van der Waals surface area contributed by atoms with Crippen molar-refractivity contribution in [1.29, 1.82) is 0 Å². The molecule has 4 rings (SSSR count). The highest BCUT2D eigenvalue weighted by Gasteiger charge is 2.37. The van der Waals surface area contributed by atoms with Crippen molar-refractivity contribution in [2.24, 2.45) is 16.5 Å². The summed E-state index contributed by atoms with van der Waals surface area (Å²) in [5.74, 6) is -0.179. The van der Waals surface area contributed by atoms with Gasteiger partial charge < -0.3 is 14.9 Å². The number of hydrazine groups is 1. The zero-order valence-electron chi connectivity index (χ0n) is 15.3. The van der Waals surface area contributed by atoms with Crippen LogP contribution in [0.5, 0.6) is 5.75 Å². The fraction of sp³-hybridized carbons (Fsp3) is 0.111. The second-order valence-electron chi connectivity index (χ2n) is 6.24. The van der Waals surface area contributed by atoms with Crippen molar-refractivity contribution in [2.45, 2.75) is 5.79 Å². The molecule has 1 aromatic heterocycles. The number of aliphatic imine (C=N–C) groups is 1. The number of methoxy groups -OCH3 is 1. The molecule has 0 bridgehead atoms. The Morgan fingerprint density at radius 2 is 2.03 bits per heavy atom. The molecule has 1 aliphatic rings. The third-order valence-corrected chi connectivity index (χ3v) is 4.46. The largest absolute Gasteiger partial charge is 0.496 e. The van der Waals surface area contributed by atoms with Crippen LogP contribution in [0.15, 0.2) is 64.5 Å². The molecular weight excluding hydrogens is 378 g/mol. The number of nitro groups is 1. The highest BCUT2D eigenvalue weighted by Crippen LogP contribution is 2.34. The van der Waals surface area contributed by atoms with Gasteiger partial charge in [-0.25, -0.2) is 15.0 Å². The number of hydrogen-bond donors (Lipinski definition) is 3. The second kappa shape index (κ2) is 6.89. The first-order valence-corrected chi connectivity index (χ1v) is 8.45. The van der Waals surface area contributed by atoms with Crippen molar-refractivity contribution in [2.75, 3.05) is 12.1 Å². The number of non-ortho nitro benzene ring substituents is 1. The van der Waals surface area contributed by atoms with E-state index in [-0.39, 0.29) is 11.6 Å². The minimum absolute atomic E-state index is 0.0322. The maximum atomic E-state index is 10.8.